The van der Waals surface area contributed by atoms with Gasteiger partial charge in [0.25, 0.3) is 0 Å². The summed E-state index contributed by atoms with van der Waals surface area (Å²) in [5, 5.41) is 0.851. The van der Waals surface area contributed by atoms with E-state index < -0.39 is 0 Å². The number of aromatic nitrogens is 2. The molecule has 0 radical (unpaired) electrons. The summed E-state index contributed by atoms with van der Waals surface area (Å²) in [7, 11) is 0. The summed E-state index contributed by atoms with van der Waals surface area (Å²) in [6.45, 7) is 0. The number of hydrogen-bond donors (Lipinski definition) is 0. The zero-order valence-corrected chi connectivity index (χ0v) is 6.95. The van der Waals surface area contributed by atoms with Crippen LogP contribution >= 0.6 is 15.9 Å². The van der Waals surface area contributed by atoms with Crippen molar-refractivity contribution in [1.29, 1.82) is 0 Å². The first-order valence-electron chi connectivity index (χ1n) is 2.92. The molecule has 0 saturated carbocycles. The van der Waals surface area contributed by atoms with Crippen LogP contribution in [0, 0.1) is 0 Å². The van der Waals surface area contributed by atoms with E-state index in [1.807, 2.05) is 12.2 Å². The van der Waals surface area contributed by atoms with E-state index in [0.29, 0.717) is 0 Å². The molecule has 0 spiro atoms. The van der Waals surface area contributed by atoms with Gasteiger partial charge in [0, 0.05) is 17.7 Å². The van der Waals surface area contributed by atoms with Crippen molar-refractivity contribution in [3.8, 4) is 0 Å². The van der Waals surface area contributed by atoms with Crippen LogP contribution in [-0.4, -0.2) is 15.3 Å². The van der Waals surface area contributed by atoms with E-state index in [9.17, 15) is 0 Å². The predicted octanol–water partition coefficient (Wildman–Crippen LogP) is 1.88. The third kappa shape index (κ3) is 2.27. The molecule has 0 atom stereocenters. The van der Waals surface area contributed by atoms with Crippen molar-refractivity contribution >= 4 is 22.0 Å². The van der Waals surface area contributed by atoms with Crippen LogP contribution in [0.5, 0.6) is 0 Å². The first-order chi connectivity index (χ1) is 4.93. The van der Waals surface area contributed by atoms with Crippen molar-refractivity contribution in [2.75, 3.05) is 5.33 Å². The molecule has 1 aromatic rings. The van der Waals surface area contributed by atoms with Gasteiger partial charge < -0.3 is 0 Å². The summed E-state index contributed by atoms with van der Waals surface area (Å²) in [5.74, 6) is 0. The Morgan fingerprint density at radius 2 is 2.40 bits per heavy atom. The van der Waals surface area contributed by atoms with Crippen LogP contribution in [0.2, 0.25) is 0 Å². The zero-order chi connectivity index (χ0) is 7.23. The van der Waals surface area contributed by atoms with E-state index in [-0.39, 0.29) is 0 Å². The van der Waals surface area contributed by atoms with Crippen LogP contribution in [0.15, 0.2) is 24.7 Å². The van der Waals surface area contributed by atoms with Crippen molar-refractivity contribution in [2.45, 2.75) is 0 Å². The van der Waals surface area contributed by atoms with E-state index in [4.69, 9.17) is 0 Å². The number of hydrogen-bond acceptors (Lipinski definition) is 2. The van der Waals surface area contributed by atoms with Crippen LogP contribution < -0.4 is 0 Å². The molecule has 0 aromatic carbocycles. The third-order valence-electron chi connectivity index (χ3n) is 0.961. The third-order valence-corrected chi connectivity index (χ3v) is 1.33. The Bertz CT molecular complexity index is 208. The van der Waals surface area contributed by atoms with Gasteiger partial charge in [-0.25, -0.2) is 0 Å². The molecule has 0 N–H and O–H groups in total. The molecule has 0 fully saturated rings. The monoisotopic (exact) mass is 198 g/mol. The molecule has 1 heterocycles. The summed E-state index contributed by atoms with van der Waals surface area (Å²) in [4.78, 5) is 7.95. The minimum atomic E-state index is 0.851. The van der Waals surface area contributed by atoms with Gasteiger partial charge in [0.2, 0.25) is 0 Å². The standard InChI is InChI=1S/C7H7BrN2/c8-3-1-2-7-6-9-4-5-10-7/h1-2,4-6H,3H2. The Hall–Kier alpha value is -0.700. The molecule has 1 aromatic heterocycles. The number of alkyl halides is 1. The molecule has 0 aliphatic carbocycles. The normalized spacial score (nSPS) is 10.5. The number of rotatable bonds is 2. The number of halogens is 1. The van der Waals surface area contributed by atoms with Gasteiger partial charge in [-0.05, 0) is 6.08 Å². The molecule has 10 heavy (non-hydrogen) atoms. The fourth-order valence-corrected chi connectivity index (χ4v) is 0.749. The van der Waals surface area contributed by atoms with E-state index in [1.54, 1.807) is 18.6 Å². The summed E-state index contributed by atoms with van der Waals surface area (Å²) in [5.41, 5.74) is 0.891. The molecule has 0 aliphatic heterocycles. The van der Waals surface area contributed by atoms with E-state index >= 15 is 0 Å². The van der Waals surface area contributed by atoms with Crippen molar-refractivity contribution in [1.82, 2.24) is 9.97 Å². The van der Waals surface area contributed by atoms with Gasteiger partial charge in [0.1, 0.15) is 0 Å². The maximum Gasteiger partial charge on any atom is 0.0810 e. The first kappa shape index (κ1) is 7.41. The summed E-state index contributed by atoms with van der Waals surface area (Å²) in [6.07, 6.45) is 8.95. The van der Waals surface area contributed by atoms with Crippen molar-refractivity contribution in [3.63, 3.8) is 0 Å². The Morgan fingerprint density at radius 3 is 3.00 bits per heavy atom. The van der Waals surface area contributed by atoms with Crippen LogP contribution in [0.3, 0.4) is 0 Å². The fourth-order valence-electron chi connectivity index (χ4n) is 0.562. The van der Waals surface area contributed by atoms with E-state index in [0.717, 1.165) is 11.0 Å². The highest BCUT2D eigenvalue weighted by molar-refractivity contribution is 9.09. The topological polar surface area (TPSA) is 25.8 Å². The van der Waals surface area contributed by atoms with Gasteiger partial charge >= 0.3 is 0 Å². The molecule has 0 saturated heterocycles. The molecule has 0 amide bonds. The summed E-state index contributed by atoms with van der Waals surface area (Å²) >= 11 is 3.27. The first-order valence-corrected chi connectivity index (χ1v) is 4.04. The summed E-state index contributed by atoms with van der Waals surface area (Å²) in [6, 6.07) is 0. The lowest BCUT2D eigenvalue weighted by molar-refractivity contribution is 1.18. The lowest BCUT2D eigenvalue weighted by Gasteiger charge is -1.86. The van der Waals surface area contributed by atoms with Crippen molar-refractivity contribution < 1.29 is 0 Å². The Labute approximate surface area is 68.1 Å². The second kappa shape index (κ2) is 4.17. The molecular weight excluding hydrogens is 192 g/mol. The Morgan fingerprint density at radius 1 is 1.50 bits per heavy atom. The second-order valence-electron chi connectivity index (χ2n) is 1.69. The average molecular weight is 199 g/mol. The minimum Gasteiger partial charge on any atom is -0.261 e. The smallest absolute Gasteiger partial charge is 0.0810 e. The largest absolute Gasteiger partial charge is 0.261 e. The molecular formula is C7H7BrN2. The quantitative estimate of drug-likeness (QED) is 0.679. The molecule has 0 unspecified atom stereocenters. The number of nitrogens with zero attached hydrogens (tertiary/aromatic N) is 2. The van der Waals surface area contributed by atoms with Gasteiger partial charge in [-0.1, -0.05) is 22.0 Å². The highest BCUT2D eigenvalue weighted by Gasteiger charge is 1.81. The molecule has 0 aliphatic rings. The van der Waals surface area contributed by atoms with Gasteiger partial charge in [-0.3, -0.25) is 9.97 Å². The van der Waals surface area contributed by atoms with Gasteiger partial charge in [0.15, 0.2) is 0 Å². The molecule has 2 nitrogen and oxygen atoms in total. The van der Waals surface area contributed by atoms with Crippen LogP contribution in [0.25, 0.3) is 6.08 Å². The molecule has 52 valence electrons. The minimum absolute atomic E-state index is 0.851. The second-order valence-corrected chi connectivity index (χ2v) is 2.33. The van der Waals surface area contributed by atoms with Crippen molar-refractivity contribution in [3.05, 3.63) is 30.4 Å². The van der Waals surface area contributed by atoms with Crippen LogP contribution in [-0.2, 0) is 0 Å². The SMILES string of the molecule is BrCC=Cc1cnccn1. The lowest BCUT2D eigenvalue weighted by Crippen LogP contribution is -1.79. The van der Waals surface area contributed by atoms with Gasteiger partial charge in [-0.15, -0.1) is 0 Å². The van der Waals surface area contributed by atoms with E-state index in [1.165, 1.54) is 0 Å². The highest BCUT2D eigenvalue weighted by Crippen LogP contribution is 1.94. The van der Waals surface area contributed by atoms with E-state index in [2.05, 4.69) is 25.9 Å². The highest BCUT2D eigenvalue weighted by atomic mass is 79.9. The van der Waals surface area contributed by atoms with Gasteiger partial charge in [-0.2, -0.15) is 0 Å². The zero-order valence-electron chi connectivity index (χ0n) is 5.37. The van der Waals surface area contributed by atoms with Crippen LogP contribution in [0.4, 0.5) is 0 Å². The van der Waals surface area contributed by atoms with Crippen molar-refractivity contribution in [2.24, 2.45) is 0 Å². The van der Waals surface area contributed by atoms with Gasteiger partial charge in [0.05, 0.1) is 11.9 Å². The lowest BCUT2D eigenvalue weighted by atomic mass is 10.4. The maximum absolute atomic E-state index is 4.05. The Kier molecular flexibility index (Phi) is 3.09. The predicted molar refractivity (Wildman–Crippen MR) is 44.9 cm³/mol. The Balaban J connectivity index is 2.67. The average Bonchev–Trinajstić information content (AvgIpc) is 2.03. The molecule has 0 bridgehead atoms. The fraction of sp³-hybridized carbons (Fsp3) is 0.143. The molecule has 3 heteroatoms. The number of allylic oxidation sites excluding steroid dienone is 1. The maximum atomic E-state index is 4.05. The molecule has 1 rings (SSSR count). The summed E-state index contributed by atoms with van der Waals surface area (Å²) < 4.78 is 0. The van der Waals surface area contributed by atoms with Crippen LogP contribution in [0.1, 0.15) is 5.69 Å².